The molecule has 70 heavy (non-hydrogen) atoms. The molecule has 2 aliphatic heterocycles. The van der Waals surface area contributed by atoms with E-state index in [4.69, 9.17) is 48.9 Å². The average Bonchev–Trinajstić information content (AvgIpc) is 4.07. The highest BCUT2D eigenvalue weighted by atomic mass is 32.2. The van der Waals surface area contributed by atoms with Crippen LogP contribution in [0.2, 0.25) is 0 Å². The Morgan fingerprint density at radius 1 is 0.800 bits per heavy atom. The molecule has 1 aromatic heterocycles. The summed E-state index contributed by atoms with van der Waals surface area (Å²) in [6, 6.07) is 23.7. The molecule has 4 atom stereocenters. The lowest BCUT2D eigenvalue weighted by Gasteiger charge is -2.28. The van der Waals surface area contributed by atoms with E-state index >= 15 is 0 Å². The molecule has 22 nitrogen and oxygen atoms in total. The van der Waals surface area contributed by atoms with E-state index in [9.17, 15) is 18.9 Å². The highest BCUT2D eigenvalue weighted by Gasteiger charge is 2.43. The number of ether oxygens (including phenoxy) is 6. The Balaban J connectivity index is 0.774. The minimum absolute atomic E-state index is 0.0182. The maximum Gasteiger partial charge on any atom is 0.457 e. The van der Waals surface area contributed by atoms with Crippen LogP contribution in [0.5, 0.6) is 11.5 Å². The van der Waals surface area contributed by atoms with Crippen LogP contribution in [0.15, 0.2) is 96.1 Å². The van der Waals surface area contributed by atoms with Gasteiger partial charge >= 0.3 is 19.7 Å². The van der Waals surface area contributed by atoms with Gasteiger partial charge in [-0.3, -0.25) is 4.79 Å². The van der Waals surface area contributed by atoms with Crippen LogP contribution in [-0.4, -0.2) is 135 Å². The predicted molar refractivity (Wildman–Crippen MR) is 261 cm³/mol. The third-order valence-electron chi connectivity index (χ3n) is 10.5. The minimum Gasteiger partial charge on any atom is -0.447 e. The second kappa shape index (κ2) is 29.3. The first kappa shape index (κ1) is 53.4. The fraction of sp³-hybridized carbons (Fsp3) is 0.478. The van der Waals surface area contributed by atoms with Gasteiger partial charge in [0, 0.05) is 24.0 Å². The summed E-state index contributed by atoms with van der Waals surface area (Å²) in [5.74, 6) is 0.0136. The van der Waals surface area contributed by atoms with Crippen LogP contribution >= 0.6 is 19.4 Å². The molecule has 4 amide bonds. The van der Waals surface area contributed by atoms with E-state index in [1.54, 1.807) is 95.8 Å². The van der Waals surface area contributed by atoms with Crippen LogP contribution in [0, 0.1) is 0 Å². The molecule has 2 aliphatic rings. The molecule has 0 radical (unpaired) electrons. The lowest BCUT2D eigenvalue weighted by molar-refractivity contribution is -0.121. The fourth-order valence-corrected chi connectivity index (χ4v) is 10.6. The van der Waals surface area contributed by atoms with Crippen molar-refractivity contribution in [3.05, 3.63) is 102 Å². The average molecular weight is 1010 g/mol. The summed E-state index contributed by atoms with van der Waals surface area (Å²) in [6.45, 7) is 4.09. The molecule has 6 rings (SSSR count). The number of carbonyl (C=O) groups is 3. The molecule has 3 aromatic carbocycles. The Kier molecular flexibility index (Phi) is 22.3. The summed E-state index contributed by atoms with van der Waals surface area (Å²) in [5, 5.41) is 20.2. The van der Waals surface area contributed by atoms with Crippen LogP contribution in [0.1, 0.15) is 42.7 Å². The van der Waals surface area contributed by atoms with Crippen LogP contribution in [-0.2, 0) is 50.9 Å². The Morgan fingerprint density at radius 3 is 2.10 bits per heavy atom. The summed E-state index contributed by atoms with van der Waals surface area (Å²) in [4.78, 5) is 40.9. The zero-order valence-electron chi connectivity index (χ0n) is 38.9. The Hall–Kier alpha value is -5.94. The van der Waals surface area contributed by atoms with Crippen molar-refractivity contribution in [3.63, 3.8) is 0 Å². The Labute approximate surface area is 411 Å². The molecule has 2 saturated heterocycles. The summed E-state index contributed by atoms with van der Waals surface area (Å²) >= 11 is 1.89. The molecule has 24 heteroatoms. The molecule has 4 aromatic rings. The first-order valence-electron chi connectivity index (χ1n) is 23.1. The van der Waals surface area contributed by atoms with E-state index in [1.807, 2.05) is 11.8 Å². The number of alkyl carbamates (subject to hydrolysis) is 1. The van der Waals surface area contributed by atoms with Gasteiger partial charge in [-0.2, -0.15) is 11.8 Å². The van der Waals surface area contributed by atoms with Gasteiger partial charge in [0.2, 0.25) is 5.91 Å². The number of nitrogens with two attached hydrogens (primary N) is 2. The van der Waals surface area contributed by atoms with Gasteiger partial charge in [0.05, 0.1) is 96.6 Å². The highest BCUT2D eigenvalue weighted by Crippen LogP contribution is 2.59. The number of nitrogens with zero attached hydrogens (tertiary/aromatic N) is 4. The van der Waals surface area contributed by atoms with Gasteiger partial charge in [0.25, 0.3) is 0 Å². The number of nitrogens with one attached hydrogen (secondary N) is 4. The third kappa shape index (κ3) is 18.8. The van der Waals surface area contributed by atoms with Crippen LogP contribution in [0.4, 0.5) is 15.3 Å². The number of unbranched alkanes of at least 4 members (excludes halogenated alkanes) is 1. The highest BCUT2D eigenvalue weighted by molar-refractivity contribution is 8.00. The molecular weight excluding hydrogens is 948 g/mol. The monoisotopic (exact) mass is 1010 g/mol. The van der Waals surface area contributed by atoms with E-state index < -0.39 is 19.5 Å². The van der Waals surface area contributed by atoms with Crippen molar-refractivity contribution in [2.45, 2.75) is 62.0 Å². The number of aromatic nitrogens is 3. The van der Waals surface area contributed by atoms with E-state index in [0.717, 1.165) is 25.0 Å². The van der Waals surface area contributed by atoms with Gasteiger partial charge in [-0.1, -0.05) is 60.2 Å². The second-order valence-electron chi connectivity index (χ2n) is 15.9. The Bertz CT molecular complexity index is 2220. The number of fused-ring (bicyclic) bond motifs is 1. The largest absolute Gasteiger partial charge is 0.457 e. The van der Waals surface area contributed by atoms with E-state index in [1.165, 1.54) is 0 Å². The maximum absolute atomic E-state index is 14.8. The molecule has 380 valence electrons. The minimum atomic E-state index is -4.28. The van der Waals surface area contributed by atoms with E-state index in [-0.39, 0.29) is 74.5 Å². The molecule has 0 bridgehead atoms. The maximum atomic E-state index is 14.8. The van der Waals surface area contributed by atoms with Crippen LogP contribution in [0.25, 0.3) is 0 Å². The number of urea groups is 1. The predicted octanol–water partition coefficient (Wildman–Crippen LogP) is 4.38. The van der Waals surface area contributed by atoms with Crippen molar-refractivity contribution < 1.29 is 56.4 Å². The van der Waals surface area contributed by atoms with Gasteiger partial charge in [0.1, 0.15) is 23.8 Å². The number of hydrogen-bond donors (Lipinski definition) is 6. The van der Waals surface area contributed by atoms with Crippen LogP contribution in [0.3, 0.4) is 0 Å². The number of rotatable bonds is 33. The number of hydrogen-bond acceptors (Lipinski definition) is 16. The molecule has 4 unspecified atom stereocenters. The number of para-hydroxylation sites is 2. The molecule has 3 heterocycles. The van der Waals surface area contributed by atoms with Gasteiger partial charge in [-0.05, 0) is 54.8 Å². The van der Waals surface area contributed by atoms with E-state index in [0.29, 0.717) is 81.3 Å². The van der Waals surface area contributed by atoms with Crippen molar-refractivity contribution in [1.82, 2.24) is 36.3 Å². The quantitative estimate of drug-likeness (QED) is 0.0127. The van der Waals surface area contributed by atoms with Gasteiger partial charge in [-0.25, -0.2) is 23.8 Å². The van der Waals surface area contributed by atoms with Crippen molar-refractivity contribution in [2.24, 2.45) is 16.5 Å². The molecule has 8 N–H and O–H groups in total. The number of benzene rings is 3. The zero-order chi connectivity index (χ0) is 49.2. The standard InChI is InChI=1S/C46H63N10O12PS/c47-44(48)50-35-17-15-34(16-18-35)43(69(60,67-37-9-3-1-4-10-37)68-38-11-5-2-6-12-38)53-46(59)66-30-29-64-27-28-65-32-36-31-56(55-54-36)20-22-62-24-26-63-25-23-61-21-19-49-41(57)14-8-7-13-40-42-39(33-70-40)51-45(58)52-42/h1-6,9-12,15-18,31,39-40,42-43H,7-8,13-14,19-30,32-33H2,(H,49,57)(H,53,59)(H4,47,48,50)(H2,51,52,58). The second-order valence-corrected chi connectivity index (χ2v) is 19.1. The number of carbonyl (C=O) groups excluding carboxylic acids is 3. The zero-order valence-corrected chi connectivity index (χ0v) is 40.6. The molecule has 0 spiro atoms. The summed E-state index contributed by atoms with van der Waals surface area (Å²) in [5.41, 5.74) is 12.5. The molecule has 2 fully saturated rings. The fourth-order valence-electron chi connectivity index (χ4n) is 7.19. The summed E-state index contributed by atoms with van der Waals surface area (Å²) in [7, 11) is -4.28. The molecular formula is C46H63N10O12PS. The first-order valence-corrected chi connectivity index (χ1v) is 25.7. The molecule has 0 aliphatic carbocycles. The van der Waals surface area contributed by atoms with Crippen molar-refractivity contribution in [1.29, 1.82) is 0 Å². The number of thioether (sulfide) groups is 1. The topological polar surface area (TPSA) is 285 Å². The van der Waals surface area contributed by atoms with Crippen molar-refractivity contribution >= 4 is 49.0 Å². The first-order chi connectivity index (χ1) is 34.1. The van der Waals surface area contributed by atoms with Gasteiger partial charge < -0.3 is 70.2 Å². The third-order valence-corrected chi connectivity index (χ3v) is 14.0. The van der Waals surface area contributed by atoms with E-state index in [2.05, 4.69) is 36.6 Å². The van der Waals surface area contributed by atoms with Crippen LogP contribution < -0.4 is 41.8 Å². The molecule has 0 saturated carbocycles. The summed E-state index contributed by atoms with van der Waals surface area (Å²) < 4.78 is 61.9. The lowest BCUT2D eigenvalue weighted by Crippen LogP contribution is -2.36. The normalized spacial score (nSPS) is 16.6. The smallest absolute Gasteiger partial charge is 0.447 e. The summed E-state index contributed by atoms with van der Waals surface area (Å²) in [6.07, 6.45) is 4.12. The van der Waals surface area contributed by atoms with Crippen molar-refractivity contribution in [3.8, 4) is 11.5 Å². The lowest BCUT2D eigenvalue weighted by atomic mass is 10.0. The number of guanidine groups is 1. The Morgan fingerprint density at radius 2 is 1.43 bits per heavy atom. The number of amides is 4. The van der Waals surface area contributed by atoms with Crippen molar-refractivity contribution in [2.75, 3.05) is 78.4 Å². The number of aliphatic imine (C=N–C) groups is 1. The van der Waals surface area contributed by atoms with Gasteiger partial charge in [0.15, 0.2) is 11.7 Å². The van der Waals surface area contributed by atoms with Gasteiger partial charge in [-0.15, -0.1) is 5.10 Å². The SMILES string of the molecule is NC(N)=Nc1ccc(C(NC(=O)OCCOCCOCc2cn(CCOCCOCCOCCNC(=O)CCCCC3SCC4NC(=O)NC43)nn2)P(=O)(Oc2ccccc2)Oc2ccccc2)cc1.